The Balaban J connectivity index is 1.86. The van der Waals surface area contributed by atoms with Crippen LogP contribution in [0.2, 0.25) is 0 Å². The van der Waals surface area contributed by atoms with Crippen molar-refractivity contribution < 1.29 is 16.8 Å². The lowest BCUT2D eigenvalue weighted by atomic mass is 10.1. The lowest BCUT2D eigenvalue weighted by Gasteiger charge is -2.13. The highest BCUT2D eigenvalue weighted by molar-refractivity contribution is 8.05. The van der Waals surface area contributed by atoms with Crippen LogP contribution in [0.25, 0.3) is 21.5 Å². The number of benzene rings is 4. The van der Waals surface area contributed by atoms with Gasteiger partial charge in [0.2, 0.25) is 0 Å². The van der Waals surface area contributed by atoms with Gasteiger partial charge in [0.05, 0.1) is 9.79 Å². The van der Waals surface area contributed by atoms with E-state index in [1.165, 1.54) is 24.3 Å². The van der Waals surface area contributed by atoms with Gasteiger partial charge in [0.25, 0.3) is 20.0 Å². The summed E-state index contributed by atoms with van der Waals surface area (Å²) in [7, 11) is -8.83. The van der Waals surface area contributed by atoms with E-state index in [4.69, 9.17) is 11.5 Å². The molecule has 4 aromatic carbocycles. The van der Waals surface area contributed by atoms with Crippen LogP contribution in [0.5, 0.6) is 0 Å². The molecule has 0 aromatic heterocycles. The standard InChI is InChI=1S/C20H17N3O4S2/c21-17-9-11-19(15-7-3-1-5-13(15)17)28(24,25)23-29(26,27)20-12-10-18(22)14-6-2-4-8-16(14)20/h1-12,23H,21-22H2. The largest absolute Gasteiger partial charge is 0.398 e. The maximum absolute atomic E-state index is 13.0. The fraction of sp³-hybridized carbons (Fsp3) is 0. The summed E-state index contributed by atoms with van der Waals surface area (Å²) < 4.78 is 53.8. The van der Waals surface area contributed by atoms with Crippen LogP contribution in [0, 0.1) is 0 Å². The number of nitrogen functional groups attached to an aromatic ring is 2. The Kier molecular flexibility index (Phi) is 4.45. The first kappa shape index (κ1) is 19.2. The monoisotopic (exact) mass is 427 g/mol. The minimum Gasteiger partial charge on any atom is -0.398 e. The van der Waals surface area contributed by atoms with Crippen LogP contribution in [0.4, 0.5) is 11.4 Å². The average molecular weight is 428 g/mol. The first-order chi connectivity index (χ1) is 13.7. The van der Waals surface area contributed by atoms with E-state index in [1.54, 1.807) is 48.5 Å². The summed E-state index contributed by atoms with van der Waals surface area (Å²) in [6.45, 7) is 0. The van der Waals surface area contributed by atoms with E-state index in [0.29, 0.717) is 32.9 Å². The number of fused-ring (bicyclic) bond motifs is 2. The first-order valence-electron chi connectivity index (χ1n) is 8.54. The second-order valence-corrected chi connectivity index (χ2v) is 10.0. The highest BCUT2D eigenvalue weighted by Crippen LogP contribution is 2.30. The Morgan fingerprint density at radius 2 is 0.862 bits per heavy atom. The van der Waals surface area contributed by atoms with Gasteiger partial charge in [0.15, 0.2) is 0 Å². The van der Waals surface area contributed by atoms with Gasteiger partial charge in [-0.05, 0) is 24.3 Å². The smallest absolute Gasteiger partial charge is 0.254 e. The molecule has 0 aliphatic carbocycles. The van der Waals surface area contributed by atoms with E-state index >= 15 is 0 Å². The van der Waals surface area contributed by atoms with Gasteiger partial charge in [0.1, 0.15) is 0 Å². The average Bonchev–Trinajstić information content (AvgIpc) is 2.67. The van der Waals surface area contributed by atoms with Crippen LogP contribution in [0.1, 0.15) is 0 Å². The molecule has 0 radical (unpaired) electrons. The molecule has 0 amide bonds. The third-order valence-corrected chi connectivity index (χ3v) is 8.26. The lowest BCUT2D eigenvalue weighted by Crippen LogP contribution is -2.31. The van der Waals surface area contributed by atoms with Crippen molar-refractivity contribution in [3.05, 3.63) is 72.8 Å². The topological polar surface area (TPSA) is 132 Å². The van der Waals surface area contributed by atoms with Crippen molar-refractivity contribution in [3.63, 3.8) is 0 Å². The summed E-state index contributed by atoms with van der Waals surface area (Å²) in [6.07, 6.45) is 0. The molecule has 9 heteroatoms. The van der Waals surface area contributed by atoms with Gasteiger partial charge in [-0.1, -0.05) is 48.5 Å². The first-order valence-corrected chi connectivity index (χ1v) is 11.5. The van der Waals surface area contributed by atoms with E-state index in [1.807, 2.05) is 4.13 Å². The molecule has 0 heterocycles. The molecule has 0 spiro atoms. The highest BCUT2D eigenvalue weighted by Gasteiger charge is 2.28. The van der Waals surface area contributed by atoms with Crippen molar-refractivity contribution in [2.75, 3.05) is 11.5 Å². The molecule has 0 bridgehead atoms. The Bertz CT molecular complexity index is 1370. The number of hydrogen-bond acceptors (Lipinski definition) is 6. The number of hydrogen-bond donors (Lipinski definition) is 3. The van der Waals surface area contributed by atoms with Gasteiger partial charge in [-0.3, -0.25) is 0 Å². The van der Waals surface area contributed by atoms with Crippen LogP contribution >= 0.6 is 0 Å². The molecule has 0 unspecified atom stereocenters. The Labute approximate surface area is 168 Å². The molecule has 5 N–H and O–H groups in total. The molecule has 4 rings (SSSR count). The molecule has 0 saturated heterocycles. The van der Waals surface area contributed by atoms with E-state index in [0.717, 1.165) is 0 Å². The number of nitrogens with two attached hydrogens (primary N) is 2. The van der Waals surface area contributed by atoms with Crippen molar-refractivity contribution in [1.82, 2.24) is 4.13 Å². The number of nitrogens with one attached hydrogen (secondary N) is 1. The highest BCUT2D eigenvalue weighted by atomic mass is 32.3. The third kappa shape index (κ3) is 3.29. The van der Waals surface area contributed by atoms with Gasteiger partial charge in [0, 0.05) is 32.9 Å². The van der Waals surface area contributed by atoms with Crippen LogP contribution in [0.15, 0.2) is 82.6 Å². The zero-order valence-electron chi connectivity index (χ0n) is 15.0. The predicted octanol–water partition coefficient (Wildman–Crippen LogP) is 2.82. The van der Waals surface area contributed by atoms with E-state index in [2.05, 4.69) is 0 Å². The fourth-order valence-electron chi connectivity index (χ4n) is 3.29. The quantitative estimate of drug-likeness (QED) is 0.429. The summed E-state index contributed by atoms with van der Waals surface area (Å²) in [4.78, 5) is -0.351. The van der Waals surface area contributed by atoms with Crippen LogP contribution in [-0.4, -0.2) is 16.8 Å². The van der Waals surface area contributed by atoms with Crippen molar-refractivity contribution >= 4 is 53.0 Å². The molecule has 0 aliphatic rings. The maximum Gasteiger partial charge on any atom is 0.254 e. The summed E-state index contributed by atoms with van der Waals surface area (Å²) >= 11 is 0. The van der Waals surface area contributed by atoms with E-state index in [-0.39, 0.29) is 9.79 Å². The molecule has 7 nitrogen and oxygen atoms in total. The molecule has 0 saturated carbocycles. The van der Waals surface area contributed by atoms with Crippen LogP contribution in [-0.2, 0) is 20.0 Å². The van der Waals surface area contributed by atoms with Crippen molar-refractivity contribution in [3.8, 4) is 0 Å². The van der Waals surface area contributed by atoms with Crippen molar-refractivity contribution in [1.29, 1.82) is 0 Å². The molecule has 0 fully saturated rings. The second kappa shape index (κ2) is 6.73. The van der Waals surface area contributed by atoms with Crippen molar-refractivity contribution in [2.45, 2.75) is 9.79 Å². The van der Waals surface area contributed by atoms with Crippen molar-refractivity contribution in [2.24, 2.45) is 0 Å². The molecule has 0 atom stereocenters. The summed E-state index contributed by atoms with van der Waals surface area (Å²) in [5.74, 6) is 0. The molecule has 148 valence electrons. The summed E-state index contributed by atoms with van der Waals surface area (Å²) in [5, 5.41) is 1.70. The van der Waals surface area contributed by atoms with E-state index < -0.39 is 20.0 Å². The third-order valence-electron chi connectivity index (χ3n) is 4.63. The van der Waals surface area contributed by atoms with Gasteiger partial charge in [-0.2, -0.15) is 0 Å². The molecule has 0 aliphatic heterocycles. The SMILES string of the molecule is Nc1ccc(S(=O)(=O)NS(=O)(=O)c2ccc(N)c3ccccc23)c2ccccc12. The maximum atomic E-state index is 13.0. The lowest BCUT2D eigenvalue weighted by molar-refractivity contribution is 0.578. The zero-order valence-corrected chi connectivity index (χ0v) is 16.7. The normalized spacial score (nSPS) is 12.4. The van der Waals surface area contributed by atoms with Crippen LogP contribution < -0.4 is 15.6 Å². The predicted molar refractivity (Wildman–Crippen MR) is 114 cm³/mol. The molecular formula is C20H17N3O4S2. The second-order valence-electron chi connectivity index (χ2n) is 6.49. The Hall–Kier alpha value is -3.14. The molecule has 29 heavy (non-hydrogen) atoms. The Morgan fingerprint density at radius 1 is 0.517 bits per heavy atom. The zero-order chi connectivity index (χ0) is 20.8. The Morgan fingerprint density at radius 3 is 1.24 bits per heavy atom. The number of anilines is 2. The van der Waals surface area contributed by atoms with Crippen LogP contribution in [0.3, 0.4) is 0 Å². The van der Waals surface area contributed by atoms with Gasteiger partial charge < -0.3 is 11.5 Å². The number of rotatable bonds is 4. The number of sulfonamides is 2. The molecular weight excluding hydrogens is 410 g/mol. The summed E-state index contributed by atoms with van der Waals surface area (Å²) in [5.41, 5.74) is 12.6. The summed E-state index contributed by atoms with van der Waals surface area (Å²) in [6, 6.07) is 18.7. The minimum absolute atomic E-state index is 0.175. The van der Waals surface area contributed by atoms with Gasteiger partial charge in [-0.15, -0.1) is 4.13 Å². The van der Waals surface area contributed by atoms with E-state index in [9.17, 15) is 16.8 Å². The molecule has 4 aromatic rings. The minimum atomic E-state index is -4.41. The van der Waals surface area contributed by atoms with Gasteiger partial charge >= 0.3 is 0 Å². The van der Waals surface area contributed by atoms with Gasteiger partial charge in [-0.25, -0.2) is 16.8 Å². The fourth-order valence-corrected chi connectivity index (χ4v) is 6.60.